The number of rotatable bonds is 4. The number of nitrogen functional groups attached to an aromatic ring is 1. The van der Waals surface area contributed by atoms with Gasteiger partial charge in [0.05, 0.1) is 39.7 Å². The van der Waals surface area contributed by atoms with Crippen LogP contribution in [0, 0.1) is 6.92 Å². The van der Waals surface area contributed by atoms with Crippen molar-refractivity contribution in [1.82, 2.24) is 24.7 Å². The number of carbonyl (C=O) groups excluding carboxylic acids is 1. The summed E-state index contributed by atoms with van der Waals surface area (Å²) in [5, 5.41) is 4.34. The predicted octanol–water partition coefficient (Wildman–Crippen LogP) is 5.54. The van der Waals surface area contributed by atoms with Crippen LogP contribution in [-0.2, 0) is 12.6 Å². The number of allylic oxidation sites excluding steroid dienone is 1. The fraction of sp³-hybridized carbons (Fsp3) is 0.111. The molecule has 3 heterocycles. The average molecular weight is 500 g/mol. The predicted molar refractivity (Wildman–Crippen MR) is 133 cm³/mol. The molecule has 0 amide bonds. The number of ketones is 1. The van der Waals surface area contributed by atoms with E-state index in [-0.39, 0.29) is 11.6 Å². The fourth-order valence-electron chi connectivity index (χ4n) is 4.55. The molecule has 3 aromatic heterocycles. The second kappa shape index (κ2) is 8.16. The number of nitrogens with one attached hydrogen (secondary N) is 1. The minimum atomic E-state index is -4.44. The Morgan fingerprint density at radius 3 is 2.68 bits per heavy atom. The molecule has 0 radical (unpaired) electrons. The van der Waals surface area contributed by atoms with Crippen molar-refractivity contribution < 1.29 is 18.0 Å². The molecular weight excluding hydrogens is 481 g/mol. The molecule has 37 heavy (non-hydrogen) atoms. The molecule has 1 aliphatic rings. The zero-order valence-electron chi connectivity index (χ0n) is 19.5. The number of carbonyl (C=O) groups is 1. The second-order valence-electron chi connectivity index (χ2n) is 8.90. The molecule has 0 atom stereocenters. The molecule has 0 bridgehead atoms. The Balaban J connectivity index is 1.24. The quantitative estimate of drug-likeness (QED) is 0.316. The Bertz CT molecular complexity index is 1730. The minimum Gasteiger partial charge on any atom is -0.383 e. The molecule has 0 fully saturated rings. The molecule has 0 saturated carbocycles. The normalized spacial score (nSPS) is 13.1. The topological polar surface area (TPSA) is 102 Å². The Kier molecular flexibility index (Phi) is 5.01. The molecule has 0 saturated heterocycles. The number of nitrogens with two attached hydrogens (primary N) is 1. The van der Waals surface area contributed by atoms with Gasteiger partial charge in [-0.3, -0.25) is 9.78 Å². The van der Waals surface area contributed by atoms with E-state index in [0.717, 1.165) is 40.2 Å². The van der Waals surface area contributed by atoms with Gasteiger partial charge in [0.25, 0.3) is 0 Å². The number of aromatic nitrogens is 5. The van der Waals surface area contributed by atoms with E-state index in [1.54, 1.807) is 12.1 Å². The Morgan fingerprint density at radius 1 is 1.08 bits per heavy atom. The number of H-pyrrole nitrogens is 1. The van der Waals surface area contributed by atoms with Crippen molar-refractivity contribution >= 4 is 28.7 Å². The number of fused-ring (bicyclic) bond motifs is 2. The highest BCUT2D eigenvalue weighted by Crippen LogP contribution is 2.33. The van der Waals surface area contributed by atoms with Gasteiger partial charge >= 0.3 is 6.18 Å². The smallest absolute Gasteiger partial charge is 0.383 e. The van der Waals surface area contributed by atoms with Gasteiger partial charge in [-0.1, -0.05) is 12.1 Å². The van der Waals surface area contributed by atoms with Crippen LogP contribution >= 0.6 is 0 Å². The third kappa shape index (κ3) is 3.96. The van der Waals surface area contributed by atoms with Gasteiger partial charge in [0.1, 0.15) is 11.6 Å². The first kappa shape index (κ1) is 22.7. The van der Waals surface area contributed by atoms with E-state index in [1.165, 1.54) is 16.9 Å². The first-order valence-corrected chi connectivity index (χ1v) is 11.4. The molecule has 0 spiro atoms. The summed E-state index contributed by atoms with van der Waals surface area (Å²) in [6.45, 7) is 1.87. The molecule has 0 unspecified atom stereocenters. The van der Waals surface area contributed by atoms with Gasteiger partial charge in [0.2, 0.25) is 0 Å². The molecule has 10 heteroatoms. The number of imidazole rings is 1. The summed E-state index contributed by atoms with van der Waals surface area (Å²) < 4.78 is 40.1. The SMILES string of the molecule is Cc1nc2ccc(-n3ncc(C(=O)C4=Cc5ccc(-c6ccc(C(F)(F)F)cn6)cc5C4)c3N)cc2[nH]1. The van der Waals surface area contributed by atoms with E-state index in [0.29, 0.717) is 34.5 Å². The Morgan fingerprint density at radius 2 is 1.92 bits per heavy atom. The third-order valence-electron chi connectivity index (χ3n) is 6.41. The van der Waals surface area contributed by atoms with Crippen molar-refractivity contribution in [2.45, 2.75) is 19.5 Å². The summed E-state index contributed by atoms with van der Waals surface area (Å²) in [6.07, 6.45) is 0.0105. The highest BCUT2D eigenvalue weighted by atomic mass is 19.4. The summed E-state index contributed by atoms with van der Waals surface area (Å²) in [7, 11) is 0. The van der Waals surface area contributed by atoms with Gasteiger partial charge < -0.3 is 10.7 Å². The summed E-state index contributed by atoms with van der Waals surface area (Å²) in [5.41, 5.74) is 11.6. The third-order valence-corrected chi connectivity index (χ3v) is 6.41. The van der Waals surface area contributed by atoms with Crippen molar-refractivity contribution in [2.24, 2.45) is 0 Å². The highest BCUT2D eigenvalue weighted by Gasteiger charge is 2.31. The molecule has 5 aromatic rings. The minimum absolute atomic E-state index is 0.229. The zero-order chi connectivity index (χ0) is 25.9. The molecule has 7 nitrogen and oxygen atoms in total. The van der Waals surface area contributed by atoms with Crippen molar-refractivity contribution in [3.63, 3.8) is 0 Å². The zero-order valence-corrected chi connectivity index (χ0v) is 19.5. The first-order chi connectivity index (χ1) is 17.7. The lowest BCUT2D eigenvalue weighted by atomic mass is 10.0. The van der Waals surface area contributed by atoms with Crippen LogP contribution in [-0.4, -0.2) is 30.5 Å². The number of alkyl halides is 3. The molecule has 6 rings (SSSR count). The lowest BCUT2D eigenvalue weighted by molar-refractivity contribution is -0.137. The Hall–Kier alpha value is -4.73. The van der Waals surface area contributed by atoms with E-state index in [2.05, 4.69) is 20.1 Å². The number of nitrogens with zero attached hydrogens (tertiary/aromatic N) is 4. The molecular formula is C27H19F3N6O. The number of hydrogen-bond donors (Lipinski definition) is 2. The highest BCUT2D eigenvalue weighted by molar-refractivity contribution is 6.15. The van der Waals surface area contributed by atoms with Crippen molar-refractivity contribution in [2.75, 3.05) is 5.73 Å². The number of aromatic amines is 1. The largest absolute Gasteiger partial charge is 0.417 e. The number of Topliss-reactive ketones (excluding diaryl/α,β-unsaturated/α-hetero) is 1. The van der Waals surface area contributed by atoms with E-state index in [4.69, 9.17) is 5.73 Å². The lowest BCUT2D eigenvalue weighted by Gasteiger charge is -2.08. The Labute approximate surface area is 208 Å². The maximum Gasteiger partial charge on any atom is 0.417 e. The van der Waals surface area contributed by atoms with E-state index >= 15 is 0 Å². The van der Waals surface area contributed by atoms with Gasteiger partial charge in [-0.2, -0.15) is 18.3 Å². The number of halogens is 3. The summed E-state index contributed by atoms with van der Waals surface area (Å²) in [5.74, 6) is 0.793. The number of anilines is 1. The second-order valence-corrected chi connectivity index (χ2v) is 8.90. The van der Waals surface area contributed by atoms with Crippen LogP contribution in [0.25, 0.3) is 34.1 Å². The standard InChI is InChI=1S/C27H19F3N6O/c1-14-34-23-7-5-20(11-24(23)35-14)36-26(31)21(13-33-36)25(37)18-8-15-2-3-16(9-17(15)10-18)22-6-4-19(12-32-22)27(28,29)30/h2-9,11-13H,10,31H2,1H3,(H,34,35). The molecule has 0 aliphatic heterocycles. The number of pyridine rings is 1. The summed E-state index contributed by atoms with van der Waals surface area (Å²) in [4.78, 5) is 24.9. The van der Waals surface area contributed by atoms with Gasteiger partial charge in [-0.15, -0.1) is 0 Å². The van der Waals surface area contributed by atoms with E-state index in [1.807, 2.05) is 37.3 Å². The van der Waals surface area contributed by atoms with Crippen molar-refractivity contribution in [1.29, 1.82) is 0 Å². The van der Waals surface area contributed by atoms with Gasteiger partial charge in [-0.05, 0) is 60.5 Å². The first-order valence-electron chi connectivity index (χ1n) is 11.4. The van der Waals surface area contributed by atoms with Crippen LogP contribution in [0.15, 0.2) is 66.5 Å². The van der Waals surface area contributed by atoms with Crippen LogP contribution in [0.3, 0.4) is 0 Å². The van der Waals surface area contributed by atoms with Gasteiger partial charge in [0, 0.05) is 23.8 Å². The summed E-state index contributed by atoms with van der Waals surface area (Å²) in [6, 6.07) is 13.4. The van der Waals surface area contributed by atoms with Crippen LogP contribution in [0.2, 0.25) is 0 Å². The average Bonchev–Trinajstić information content (AvgIpc) is 3.57. The number of benzene rings is 2. The van der Waals surface area contributed by atoms with Crippen LogP contribution < -0.4 is 5.73 Å². The molecule has 2 aromatic carbocycles. The van der Waals surface area contributed by atoms with Crippen LogP contribution in [0.5, 0.6) is 0 Å². The molecule has 184 valence electrons. The number of aryl methyl sites for hydroxylation is 1. The monoisotopic (exact) mass is 500 g/mol. The fourth-order valence-corrected chi connectivity index (χ4v) is 4.55. The maximum atomic E-state index is 13.3. The van der Waals surface area contributed by atoms with Crippen LogP contribution in [0.4, 0.5) is 19.0 Å². The van der Waals surface area contributed by atoms with Crippen LogP contribution in [0.1, 0.15) is 32.9 Å². The van der Waals surface area contributed by atoms with Crippen molar-refractivity contribution in [3.8, 4) is 16.9 Å². The number of hydrogen-bond acceptors (Lipinski definition) is 5. The van der Waals surface area contributed by atoms with Gasteiger partial charge in [-0.25, -0.2) is 9.67 Å². The lowest BCUT2D eigenvalue weighted by Crippen LogP contribution is -2.08. The maximum absolute atomic E-state index is 13.3. The van der Waals surface area contributed by atoms with Crippen molar-refractivity contribution in [3.05, 3.63) is 94.6 Å². The van der Waals surface area contributed by atoms with E-state index < -0.39 is 11.7 Å². The summed E-state index contributed by atoms with van der Waals surface area (Å²) >= 11 is 0. The van der Waals surface area contributed by atoms with E-state index in [9.17, 15) is 18.0 Å². The molecule has 3 N–H and O–H groups in total. The van der Waals surface area contributed by atoms with Gasteiger partial charge in [0.15, 0.2) is 5.78 Å². The molecule has 1 aliphatic carbocycles.